The molecule has 43 heavy (non-hydrogen) atoms. The van der Waals surface area contributed by atoms with Crippen molar-refractivity contribution in [3.8, 4) is 0 Å². The summed E-state index contributed by atoms with van der Waals surface area (Å²) < 4.78 is 0. The van der Waals surface area contributed by atoms with E-state index in [1.807, 2.05) is 6.08 Å². The van der Waals surface area contributed by atoms with Crippen LogP contribution in [0.2, 0.25) is 0 Å². The van der Waals surface area contributed by atoms with Crippen molar-refractivity contribution >= 4 is 5.97 Å². The zero-order valence-corrected chi connectivity index (χ0v) is 26.5. The van der Waals surface area contributed by atoms with Gasteiger partial charge < -0.3 is 41.9 Å². The molecule has 9 atom stereocenters. The summed E-state index contributed by atoms with van der Waals surface area (Å²) in [5.41, 5.74) is 5.57. The fourth-order valence-corrected chi connectivity index (χ4v) is 7.60. The minimum atomic E-state index is -1.41. The first-order chi connectivity index (χ1) is 20.6. The third kappa shape index (κ3) is 10.6. The first-order valence-electron chi connectivity index (χ1n) is 16.8. The van der Waals surface area contributed by atoms with Crippen molar-refractivity contribution in [2.75, 3.05) is 20.1 Å². The average molecular weight is 606 g/mol. The van der Waals surface area contributed by atoms with E-state index in [1.165, 1.54) is 19.3 Å². The second kappa shape index (κ2) is 17.5. The highest BCUT2D eigenvalue weighted by atomic mass is 16.4. The van der Waals surface area contributed by atoms with Gasteiger partial charge in [-0.25, -0.2) is 0 Å². The largest absolute Gasteiger partial charge is 0.481 e. The first-order valence-corrected chi connectivity index (χ1v) is 16.8. The normalized spacial score (nSPS) is 31.2. The number of carboxylic acid groups (broad SMARTS) is 1. The van der Waals surface area contributed by atoms with Crippen LogP contribution in [0.5, 0.6) is 0 Å². The molecule has 1 heterocycles. The molecule has 1 fully saturated rings. The van der Waals surface area contributed by atoms with Gasteiger partial charge >= 0.3 is 5.97 Å². The summed E-state index contributed by atoms with van der Waals surface area (Å²) in [7, 11) is 1.76. The van der Waals surface area contributed by atoms with Crippen molar-refractivity contribution < 1.29 is 30.3 Å². The number of unbranched alkanes of at least 4 members (excludes halogenated alkanes) is 4. The van der Waals surface area contributed by atoms with E-state index in [2.05, 4.69) is 35.8 Å². The highest BCUT2D eigenvalue weighted by Crippen LogP contribution is 2.44. The Hall–Kier alpha value is -1.91. The monoisotopic (exact) mass is 605 g/mol. The highest BCUT2D eigenvalue weighted by Gasteiger charge is 2.51. The predicted molar refractivity (Wildman–Crippen MR) is 170 cm³/mol. The average Bonchev–Trinajstić information content (AvgIpc) is 3.24. The van der Waals surface area contributed by atoms with E-state index in [0.29, 0.717) is 56.9 Å². The standard InChI is InChI=1S/C34H59N3O6/c1-3-4-6-9-23-12-13-26(29(38)17-23)10-7-5-8-11-28(33(41)42)30(39)20-27(22-36-2)34(43)21-25(18-31(34)40)16-24-14-15-37-32(35)19-24/h12-14,19,23,25-31,36-40,43H,3-11,15-18,20-22,35H2,1-2H3,(H,41,42). The van der Waals surface area contributed by atoms with Crippen molar-refractivity contribution in [2.24, 2.45) is 35.3 Å². The molecule has 246 valence electrons. The van der Waals surface area contributed by atoms with Gasteiger partial charge in [0, 0.05) is 24.9 Å². The molecule has 1 aliphatic heterocycles. The van der Waals surface area contributed by atoms with Gasteiger partial charge in [0.25, 0.3) is 0 Å². The van der Waals surface area contributed by atoms with Crippen LogP contribution in [0.1, 0.15) is 96.8 Å². The van der Waals surface area contributed by atoms with Crippen molar-refractivity contribution in [3.63, 3.8) is 0 Å². The molecular formula is C34H59N3O6. The third-order valence-corrected chi connectivity index (χ3v) is 10.2. The van der Waals surface area contributed by atoms with Gasteiger partial charge in [-0.1, -0.05) is 63.7 Å². The fraction of sp³-hybridized carbons (Fsp3) is 0.794. The number of aliphatic hydroxyl groups is 4. The number of rotatable bonds is 19. The van der Waals surface area contributed by atoms with Crippen molar-refractivity contribution in [2.45, 2.75) is 121 Å². The third-order valence-electron chi connectivity index (χ3n) is 10.2. The summed E-state index contributed by atoms with van der Waals surface area (Å²) in [5.74, 6) is -1.17. The van der Waals surface area contributed by atoms with Crippen molar-refractivity contribution in [1.29, 1.82) is 0 Å². The molecule has 9 heteroatoms. The van der Waals surface area contributed by atoms with Crippen LogP contribution in [0, 0.1) is 29.6 Å². The van der Waals surface area contributed by atoms with E-state index >= 15 is 0 Å². The molecule has 9 nitrogen and oxygen atoms in total. The Morgan fingerprint density at radius 2 is 1.91 bits per heavy atom. The Morgan fingerprint density at radius 3 is 2.58 bits per heavy atom. The topological polar surface area (TPSA) is 168 Å². The predicted octanol–water partition coefficient (Wildman–Crippen LogP) is 3.58. The fourth-order valence-electron chi connectivity index (χ4n) is 7.60. The number of hydrogen-bond acceptors (Lipinski definition) is 8. The number of carbonyl (C=O) groups is 1. The second-order valence-corrected chi connectivity index (χ2v) is 13.5. The molecule has 0 radical (unpaired) electrons. The zero-order valence-electron chi connectivity index (χ0n) is 26.5. The van der Waals surface area contributed by atoms with Gasteiger partial charge in [0.2, 0.25) is 0 Å². The van der Waals surface area contributed by atoms with Crippen molar-refractivity contribution in [1.82, 2.24) is 10.6 Å². The Labute approximate surface area is 258 Å². The quantitative estimate of drug-likeness (QED) is 0.0810. The van der Waals surface area contributed by atoms with Crippen LogP contribution in [0.25, 0.3) is 0 Å². The van der Waals surface area contributed by atoms with E-state index in [4.69, 9.17) is 5.73 Å². The molecule has 0 aromatic carbocycles. The molecule has 0 aromatic heterocycles. The van der Waals surface area contributed by atoms with E-state index < -0.39 is 35.6 Å². The number of aliphatic hydroxyl groups excluding tert-OH is 3. The summed E-state index contributed by atoms with van der Waals surface area (Å²) >= 11 is 0. The van der Waals surface area contributed by atoms with Crippen molar-refractivity contribution in [3.05, 3.63) is 35.7 Å². The zero-order chi connectivity index (χ0) is 31.4. The van der Waals surface area contributed by atoms with Crippen LogP contribution in [-0.4, -0.2) is 75.6 Å². The highest BCUT2D eigenvalue weighted by molar-refractivity contribution is 5.70. The lowest BCUT2D eigenvalue weighted by Gasteiger charge is -2.37. The molecule has 1 saturated carbocycles. The van der Waals surface area contributed by atoms with Crippen LogP contribution in [0.4, 0.5) is 0 Å². The SMILES string of the molecule is CCCCCC1C=CC(CCCCCC(C(=O)O)C(O)CC(CNC)C2(O)CC(CC3=CCNC(N)=C3)CC2O)C(O)C1. The van der Waals surface area contributed by atoms with Crippen LogP contribution in [-0.2, 0) is 4.79 Å². The maximum absolute atomic E-state index is 12.2. The molecule has 9 N–H and O–H groups in total. The van der Waals surface area contributed by atoms with Gasteiger partial charge in [-0.2, -0.15) is 0 Å². The Bertz CT molecular complexity index is 954. The van der Waals surface area contributed by atoms with Gasteiger partial charge in [-0.15, -0.1) is 0 Å². The number of dihydropyridines is 1. The Kier molecular flexibility index (Phi) is 14.5. The van der Waals surface area contributed by atoms with E-state index in [-0.39, 0.29) is 24.4 Å². The molecule has 9 unspecified atom stereocenters. The van der Waals surface area contributed by atoms with Crippen LogP contribution in [0.3, 0.4) is 0 Å². The summed E-state index contributed by atoms with van der Waals surface area (Å²) in [6.45, 7) is 3.22. The van der Waals surface area contributed by atoms with Gasteiger partial charge in [0.15, 0.2) is 0 Å². The number of aliphatic carboxylic acids is 1. The summed E-state index contributed by atoms with van der Waals surface area (Å²) in [5, 5.41) is 60.5. The molecule has 3 rings (SSSR count). The van der Waals surface area contributed by atoms with Gasteiger partial charge in [-0.3, -0.25) is 4.79 Å². The number of hydrogen-bond donors (Lipinski definition) is 8. The van der Waals surface area contributed by atoms with Gasteiger partial charge in [-0.05, 0) is 81.9 Å². The molecule has 0 amide bonds. The number of nitrogens with one attached hydrogen (secondary N) is 2. The molecule has 0 saturated heterocycles. The van der Waals surface area contributed by atoms with Crippen LogP contribution >= 0.6 is 0 Å². The van der Waals surface area contributed by atoms with Gasteiger partial charge in [0.05, 0.1) is 35.7 Å². The number of allylic oxidation sites excluding steroid dienone is 3. The maximum Gasteiger partial charge on any atom is 0.309 e. The molecule has 0 aromatic rings. The molecule has 3 aliphatic rings. The van der Waals surface area contributed by atoms with Gasteiger partial charge in [0.1, 0.15) is 0 Å². The van der Waals surface area contributed by atoms with Crippen LogP contribution in [0.15, 0.2) is 35.7 Å². The molecular weight excluding hydrogens is 546 g/mol. The minimum absolute atomic E-state index is 0.0599. The smallest absolute Gasteiger partial charge is 0.309 e. The molecule has 2 aliphatic carbocycles. The first kappa shape index (κ1) is 35.6. The number of nitrogens with two attached hydrogens (primary N) is 1. The maximum atomic E-state index is 12.2. The molecule has 0 bridgehead atoms. The summed E-state index contributed by atoms with van der Waals surface area (Å²) in [6.07, 6.45) is 16.9. The summed E-state index contributed by atoms with van der Waals surface area (Å²) in [6, 6.07) is 0. The lowest BCUT2D eigenvalue weighted by atomic mass is 9.77. The molecule has 0 spiro atoms. The lowest BCUT2D eigenvalue weighted by Crippen LogP contribution is -2.50. The van der Waals surface area contributed by atoms with Crippen LogP contribution < -0.4 is 16.4 Å². The Morgan fingerprint density at radius 1 is 1.14 bits per heavy atom. The van der Waals surface area contributed by atoms with E-state index in [0.717, 1.165) is 37.7 Å². The second-order valence-electron chi connectivity index (χ2n) is 13.5. The van der Waals surface area contributed by atoms with E-state index in [9.17, 15) is 30.3 Å². The van der Waals surface area contributed by atoms with E-state index in [1.54, 1.807) is 7.05 Å². The number of carboxylic acids is 1. The summed E-state index contributed by atoms with van der Waals surface area (Å²) in [4.78, 5) is 12.2. The minimum Gasteiger partial charge on any atom is -0.481 e. The lowest BCUT2D eigenvalue weighted by molar-refractivity contribution is -0.148. The Balaban J connectivity index is 1.48.